The highest BCUT2D eigenvalue weighted by atomic mass is 16.6. The molecule has 2 rings (SSSR count). The lowest BCUT2D eigenvalue weighted by Gasteiger charge is -2.16. The maximum absolute atomic E-state index is 11.1. The molecule has 0 aliphatic heterocycles. The van der Waals surface area contributed by atoms with Gasteiger partial charge in [-0.2, -0.15) is 0 Å². The highest BCUT2D eigenvalue weighted by Gasteiger charge is 2.17. The number of nitrogens with two attached hydrogens (primary N) is 1. The van der Waals surface area contributed by atoms with Crippen LogP contribution in [-0.2, 0) is 0 Å². The summed E-state index contributed by atoms with van der Waals surface area (Å²) in [4.78, 5) is 10.7. The molecule has 1 unspecified atom stereocenters. The largest absolute Gasteiger partial charge is 0.497 e. The number of nitro groups is 1. The molecule has 0 saturated carbocycles. The Morgan fingerprint density at radius 3 is 2.48 bits per heavy atom. The van der Waals surface area contributed by atoms with Gasteiger partial charge >= 0.3 is 0 Å². The quantitative estimate of drug-likeness (QED) is 0.500. The zero-order valence-electron chi connectivity index (χ0n) is 11.9. The van der Waals surface area contributed by atoms with E-state index >= 15 is 0 Å². The Bertz CT molecular complexity index is 641. The van der Waals surface area contributed by atoms with E-state index < -0.39 is 4.92 Å². The van der Waals surface area contributed by atoms with Gasteiger partial charge in [0.15, 0.2) is 0 Å². The first-order valence-corrected chi connectivity index (χ1v) is 6.45. The molecule has 1 atom stereocenters. The number of ether oxygens (including phenoxy) is 1. The molecule has 0 bridgehead atoms. The Morgan fingerprint density at radius 1 is 1.24 bits per heavy atom. The molecule has 110 valence electrons. The lowest BCUT2D eigenvalue weighted by atomic mass is 10.1. The highest BCUT2D eigenvalue weighted by Crippen LogP contribution is 2.31. The lowest BCUT2D eigenvalue weighted by Crippen LogP contribution is -2.08. The minimum Gasteiger partial charge on any atom is -0.497 e. The average Bonchev–Trinajstić information content (AvgIpc) is 2.47. The Hall–Kier alpha value is -2.76. The van der Waals surface area contributed by atoms with Crippen LogP contribution in [0.1, 0.15) is 18.5 Å². The predicted octanol–water partition coefficient (Wildman–Crippen LogP) is 3.36. The smallest absolute Gasteiger partial charge is 0.292 e. The van der Waals surface area contributed by atoms with Gasteiger partial charge in [-0.3, -0.25) is 10.1 Å². The predicted molar refractivity (Wildman–Crippen MR) is 82.5 cm³/mol. The number of hydrogen-bond acceptors (Lipinski definition) is 5. The van der Waals surface area contributed by atoms with Gasteiger partial charge in [-0.25, -0.2) is 0 Å². The van der Waals surface area contributed by atoms with Crippen LogP contribution in [-0.4, -0.2) is 12.0 Å². The number of anilines is 2. The maximum Gasteiger partial charge on any atom is 0.292 e. The van der Waals surface area contributed by atoms with Crippen LogP contribution in [0.3, 0.4) is 0 Å². The Morgan fingerprint density at radius 2 is 1.90 bits per heavy atom. The fourth-order valence-corrected chi connectivity index (χ4v) is 2.02. The van der Waals surface area contributed by atoms with Gasteiger partial charge in [0.25, 0.3) is 5.69 Å². The summed E-state index contributed by atoms with van der Waals surface area (Å²) in [6, 6.07) is 11.9. The Balaban J connectivity index is 2.28. The van der Waals surface area contributed by atoms with Crippen LogP contribution in [0.4, 0.5) is 17.1 Å². The second-order valence-electron chi connectivity index (χ2n) is 4.67. The van der Waals surface area contributed by atoms with Crippen molar-refractivity contribution in [2.75, 3.05) is 18.2 Å². The molecule has 21 heavy (non-hydrogen) atoms. The normalized spacial score (nSPS) is 11.7. The molecule has 3 N–H and O–H groups in total. The van der Waals surface area contributed by atoms with Crippen molar-refractivity contribution in [3.63, 3.8) is 0 Å². The van der Waals surface area contributed by atoms with Crippen LogP contribution in [0, 0.1) is 10.1 Å². The van der Waals surface area contributed by atoms with Gasteiger partial charge in [0.05, 0.1) is 12.0 Å². The zero-order valence-corrected chi connectivity index (χ0v) is 11.9. The van der Waals surface area contributed by atoms with Crippen molar-refractivity contribution < 1.29 is 9.66 Å². The van der Waals surface area contributed by atoms with Crippen LogP contribution in [0.25, 0.3) is 0 Å². The third kappa shape index (κ3) is 3.42. The van der Waals surface area contributed by atoms with Crippen LogP contribution < -0.4 is 15.8 Å². The van der Waals surface area contributed by atoms with E-state index in [2.05, 4.69) is 5.32 Å². The average molecular weight is 287 g/mol. The molecule has 0 aromatic heterocycles. The second kappa shape index (κ2) is 6.13. The van der Waals surface area contributed by atoms with Gasteiger partial charge in [-0.15, -0.1) is 0 Å². The van der Waals surface area contributed by atoms with E-state index in [1.807, 2.05) is 19.1 Å². The summed E-state index contributed by atoms with van der Waals surface area (Å²) < 4.78 is 5.11. The van der Waals surface area contributed by atoms with E-state index in [4.69, 9.17) is 10.5 Å². The number of nitrogens with zero attached hydrogens (tertiary/aromatic N) is 1. The minimum absolute atomic E-state index is 0.0121. The van der Waals surface area contributed by atoms with Crippen molar-refractivity contribution in [1.82, 2.24) is 0 Å². The third-order valence-electron chi connectivity index (χ3n) is 3.21. The molecule has 0 heterocycles. The minimum atomic E-state index is -0.419. The number of methoxy groups -OCH3 is 1. The monoisotopic (exact) mass is 287 g/mol. The fraction of sp³-hybridized carbons (Fsp3) is 0.200. The van der Waals surface area contributed by atoms with E-state index in [9.17, 15) is 10.1 Å². The molecule has 2 aromatic carbocycles. The number of nitro benzene ring substituents is 1. The topological polar surface area (TPSA) is 90.4 Å². The molecule has 0 spiro atoms. The van der Waals surface area contributed by atoms with Crippen LogP contribution in [0.2, 0.25) is 0 Å². The number of rotatable bonds is 5. The summed E-state index contributed by atoms with van der Waals surface area (Å²) in [7, 11) is 1.52. The number of nitrogen functional groups attached to an aromatic ring is 1. The van der Waals surface area contributed by atoms with E-state index in [1.165, 1.54) is 13.2 Å². The molecule has 6 heteroatoms. The number of nitrogens with one attached hydrogen (secondary N) is 1. The van der Waals surface area contributed by atoms with Crippen molar-refractivity contribution in [1.29, 1.82) is 0 Å². The highest BCUT2D eigenvalue weighted by molar-refractivity contribution is 5.65. The van der Waals surface area contributed by atoms with Crippen molar-refractivity contribution in [3.05, 3.63) is 58.1 Å². The SMILES string of the molecule is COc1ccc([N+](=O)[O-])c(NC(C)c2ccc(N)cc2)c1. The Labute approximate surface area is 122 Å². The first kappa shape index (κ1) is 14.6. The van der Waals surface area contributed by atoms with Crippen LogP contribution in [0.5, 0.6) is 5.75 Å². The second-order valence-corrected chi connectivity index (χ2v) is 4.67. The maximum atomic E-state index is 11.1. The molecular weight excluding hydrogens is 270 g/mol. The molecule has 0 radical (unpaired) electrons. The molecule has 0 aliphatic carbocycles. The van der Waals surface area contributed by atoms with Crippen molar-refractivity contribution in [2.24, 2.45) is 0 Å². The molecule has 0 saturated heterocycles. The van der Waals surface area contributed by atoms with Gasteiger partial charge in [-0.05, 0) is 30.7 Å². The summed E-state index contributed by atoms with van der Waals surface area (Å²) >= 11 is 0. The molecule has 6 nitrogen and oxygen atoms in total. The van der Waals surface area contributed by atoms with Gasteiger partial charge in [-0.1, -0.05) is 12.1 Å². The summed E-state index contributed by atoms with van der Waals surface area (Å²) in [5, 5.41) is 14.2. The zero-order chi connectivity index (χ0) is 15.4. The molecule has 0 aliphatic rings. The van der Waals surface area contributed by atoms with E-state index in [1.54, 1.807) is 24.3 Å². The van der Waals surface area contributed by atoms with E-state index in [0.29, 0.717) is 17.1 Å². The molecule has 2 aromatic rings. The fourth-order valence-electron chi connectivity index (χ4n) is 2.02. The first-order valence-electron chi connectivity index (χ1n) is 6.45. The van der Waals surface area contributed by atoms with Crippen LogP contribution >= 0.6 is 0 Å². The standard InChI is InChI=1S/C15H17N3O3/c1-10(11-3-5-12(16)6-4-11)17-14-9-13(21-2)7-8-15(14)18(19)20/h3-10,17H,16H2,1-2H3. The van der Waals surface area contributed by atoms with Crippen LogP contribution in [0.15, 0.2) is 42.5 Å². The van der Waals surface area contributed by atoms with Gasteiger partial charge in [0.1, 0.15) is 11.4 Å². The van der Waals surface area contributed by atoms with Crippen molar-refractivity contribution >= 4 is 17.1 Å². The summed E-state index contributed by atoms with van der Waals surface area (Å²) in [5.41, 5.74) is 7.75. The van der Waals surface area contributed by atoms with E-state index in [0.717, 1.165) is 5.56 Å². The molecule has 0 fully saturated rings. The summed E-state index contributed by atoms with van der Waals surface area (Å²) in [5.74, 6) is 0.563. The first-order chi connectivity index (χ1) is 10.0. The third-order valence-corrected chi connectivity index (χ3v) is 3.21. The lowest BCUT2D eigenvalue weighted by molar-refractivity contribution is -0.384. The molecular formula is C15H17N3O3. The summed E-state index contributed by atoms with van der Waals surface area (Å²) in [6.45, 7) is 1.93. The van der Waals surface area contributed by atoms with Gasteiger partial charge in [0, 0.05) is 23.9 Å². The summed E-state index contributed by atoms with van der Waals surface area (Å²) in [6.07, 6.45) is 0. The van der Waals surface area contributed by atoms with Gasteiger partial charge in [0.2, 0.25) is 0 Å². The number of hydrogen-bond donors (Lipinski definition) is 2. The van der Waals surface area contributed by atoms with Crippen molar-refractivity contribution in [2.45, 2.75) is 13.0 Å². The van der Waals surface area contributed by atoms with Crippen molar-refractivity contribution in [3.8, 4) is 5.75 Å². The Kier molecular flexibility index (Phi) is 4.27. The molecule has 0 amide bonds. The van der Waals surface area contributed by atoms with E-state index in [-0.39, 0.29) is 11.7 Å². The van der Waals surface area contributed by atoms with Gasteiger partial charge < -0.3 is 15.8 Å². The number of benzene rings is 2.